The third-order valence-corrected chi connectivity index (χ3v) is 9.42. The minimum atomic E-state index is -4.44. The molecule has 1 atom stereocenters. The minimum Gasteiger partial charge on any atom is -0.493 e. The van der Waals surface area contributed by atoms with Crippen molar-refractivity contribution in [2.45, 2.75) is 50.6 Å². The van der Waals surface area contributed by atoms with Gasteiger partial charge in [0.05, 0.1) is 24.8 Å². The van der Waals surface area contributed by atoms with Gasteiger partial charge in [0.15, 0.2) is 11.5 Å². The monoisotopic (exact) mass is 667 g/mol. The maximum Gasteiger partial charge on any atom is 0.264 e. The van der Waals surface area contributed by atoms with Crippen LogP contribution in [-0.2, 0) is 26.2 Å². The minimum absolute atomic E-state index is 0.0331. The van der Waals surface area contributed by atoms with Crippen LogP contribution in [0.5, 0.6) is 11.5 Å². The molecule has 3 aromatic carbocycles. The topological polar surface area (TPSA) is 105 Å². The molecule has 3 aromatic rings. The summed E-state index contributed by atoms with van der Waals surface area (Å²) >= 11 is 12.9. The molecule has 0 fully saturated rings. The summed E-state index contributed by atoms with van der Waals surface area (Å²) in [6, 6.07) is 12.6. The summed E-state index contributed by atoms with van der Waals surface area (Å²) in [7, 11) is -1.66. The van der Waals surface area contributed by atoms with Gasteiger partial charge in [-0.05, 0) is 61.4 Å². The average molecular weight is 669 g/mol. The Morgan fingerprint density at radius 3 is 2.16 bits per heavy atom. The second-order valence-corrected chi connectivity index (χ2v) is 12.5. The molecular weight excluding hydrogens is 632 g/mol. The maximum atomic E-state index is 14.2. The molecular formula is C31H36Cl2FN3O6S. The number of unbranched alkanes of at least 4 members (excludes halogenated alkanes) is 1. The van der Waals surface area contributed by atoms with E-state index >= 15 is 0 Å². The number of halogens is 3. The number of rotatable bonds is 15. The van der Waals surface area contributed by atoms with Gasteiger partial charge >= 0.3 is 0 Å². The van der Waals surface area contributed by atoms with Gasteiger partial charge in [-0.25, -0.2) is 12.8 Å². The number of hydrogen-bond acceptors (Lipinski definition) is 6. The van der Waals surface area contributed by atoms with Gasteiger partial charge in [0.25, 0.3) is 10.0 Å². The molecule has 2 amide bonds. The number of ether oxygens (including phenoxy) is 2. The van der Waals surface area contributed by atoms with Gasteiger partial charge in [0.1, 0.15) is 18.4 Å². The number of nitrogens with zero attached hydrogens (tertiary/aromatic N) is 2. The molecule has 3 rings (SSSR count). The molecule has 1 N–H and O–H groups in total. The molecule has 0 saturated heterocycles. The van der Waals surface area contributed by atoms with Crippen LogP contribution in [-0.4, -0.2) is 58.5 Å². The Bertz CT molecular complexity index is 1540. The normalized spacial score (nSPS) is 11.9. The number of methoxy groups -OCH3 is 2. The van der Waals surface area contributed by atoms with Crippen molar-refractivity contribution in [3.8, 4) is 11.5 Å². The molecule has 1 unspecified atom stereocenters. The van der Waals surface area contributed by atoms with Gasteiger partial charge in [-0.1, -0.05) is 49.5 Å². The molecule has 44 heavy (non-hydrogen) atoms. The highest BCUT2D eigenvalue weighted by atomic mass is 35.5. The van der Waals surface area contributed by atoms with Crippen molar-refractivity contribution in [1.29, 1.82) is 0 Å². The van der Waals surface area contributed by atoms with Crippen LogP contribution in [0.2, 0.25) is 10.0 Å². The summed E-state index contributed by atoms with van der Waals surface area (Å²) in [6.45, 7) is 3.27. The van der Waals surface area contributed by atoms with Crippen molar-refractivity contribution in [3.63, 3.8) is 0 Å². The zero-order valence-electron chi connectivity index (χ0n) is 25.0. The summed E-state index contributed by atoms with van der Waals surface area (Å²) < 4.78 is 53.5. The van der Waals surface area contributed by atoms with Crippen molar-refractivity contribution >= 4 is 50.7 Å². The van der Waals surface area contributed by atoms with Gasteiger partial charge in [-0.3, -0.25) is 13.9 Å². The van der Waals surface area contributed by atoms with Crippen LogP contribution >= 0.6 is 23.2 Å². The molecule has 0 bridgehead atoms. The van der Waals surface area contributed by atoms with E-state index in [0.29, 0.717) is 17.9 Å². The first kappa shape index (κ1) is 34.9. The van der Waals surface area contributed by atoms with Crippen LogP contribution in [0.4, 0.5) is 10.1 Å². The lowest BCUT2D eigenvalue weighted by Gasteiger charge is -2.33. The van der Waals surface area contributed by atoms with Crippen molar-refractivity contribution in [3.05, 3.63) is 82.1 Å². The van der Waals surface area contributed by atoms with Crippen LogP contribution in [0.25, 0.3) is 0 Å². The molecule has 0 aliphatic heterocycles. The Hall–Kier alpha value is -3.54. The van der Waals surface area contributed by atoms with E-state index < -0.39 is 40.2 Å². The lowest BCUT2D eigenvalue weighted by Crippen LogP contribution is -2.52. The number of benzene rings is 3. The summed E-state index contributed by atoms with van der Waals surface area (Å²) in [4.78, 5) is 28.6. The predicted octanol–water partition coefficient (Wildman–Crippen LogP) is 6.07. The molecule has 0 heterocycles. The van der Waals surface area contributed by atoms with E-state index in [1.54, 1.807) is 25.1 Å². The van der Waals surface area contributed by atoms with E-state index in [4.69, 9.17) is 32.7 Å². The van der Waals surface area contributed by atoms with Crippen LogP contribution in [0, 0.1) is 5.82 Å². The summed E-state index contributed by atoms with van der Waals surface area (Å²) in [6.07, 6.45) is 1.83. The van der Waals surface area contributed by atoms with Gasteiger partial charge in [0.2, 0.25) is 11.8 Å². The second kappa shape index (κ2) is 16.0. The molecule has 13 heteroatoms. The Morgan fingerprint density at radius 1 is 0.955 bits per heavy atom. The molecule has 0 aliphatic carbocycles. The highest BCUT2D eigenvalue weighted by molar-refractivity contribution is 7.92. The highest BCUT2D eigenvalue weighted by Gasteiger charge is 2.34. The van der Waals surface area contributed by atoms with Crippen LogP contribution < -0.4 is 19.1 Å². The van der Waals surface area contributed by atoms with Gasteiger partial charge in [-0.15, -0.1) is 0 Å². The van der Waals surface area contributed by atoms with E-state index in [0.717, 1.165) is 29.3 Å². The van der Waals surface area contributed by atoms with E-state index in [1.165, 1.54) is 49.5 Å². The van der Waals surface area contributed by atoms with Gasteiger partial charge in [0, 0.05) is 34.8 Å². The first-order valence-electron chi connectivity index (χ1n) is 14.0. The van der Waals surface area contributed by atoms with Gasteiger partial charge in [-0.2, -0.15) is 0 Å². The SMILES string of the molecule is CCCCNC(=O)C(CC)N(Cc1c(Cl)cccc1Cl)C(=O)CN(c1ccc(F)cc1)S(=O)(=O)c1ccc(OC)c(OC)c1. The lowest BCUT2D eigenvalue weighted by molar-refractivity contribution is -0.140. The van der Waals surface area contributed by atoms with E-state index in [2.05, 4.69) is 5.32 Å². The first-order chi connectivity index (χ1) is 21.0. The standard InChI is InChI=1S/C31H36Cl2FN3O6S/c1-5-7-17-35-31(39)27(6-2)36(19-24-25(32)9-8-10-26(24)33)30(38)20-37(22-13-11-21(34)12-14-22)44(40,41)23-15-16-28(42-3)29(18-23)43-4/h8-16,18,27H,5-7,17,19-20H2,1-4H3,(H,35,39). The number of hydrogen-bond donors (Lipinski definition) is 1. The number of sulfonamides is 1. The Morgan fingerprint density at radius 2 is 1.59 bits per heavy atom. The third kappa shape index (κ3) is 8.34. The maximum absolute atomic E-state index is 14.2. The highest BCUT2D eigenvalue weighted by Crippen LogP contribution is 2.33. The average Bonchev–Trinajstić information content (AvgIpc) is 3.01. The van der Waals surface area contributed by atoms with E-state index in [-0.39, 0.29) is 39.3 Å². The van der Waals surface area contributed by atoms with Gasteiger partial charge < -0.3 is 19.7 Å². The van der Waals surface area contributed by atoms with E-state index in [1.807, 2.05) is 6.92 Å². The molecule has 0 spiro atoms. The van der Waals surface area contributed by atoms with Crippen molar-refractivity contribution in [2.75, 3.05) is 31.6 Å². The number of carbonyl (C=O) groups excluding carboxylic acids is 2. The molecule has 0 saturated carbocycles. The van der Waals surface area contributed by atoms with Crippen LogP contribution in [0.1, 0.15) is 38.7 Å². The van der Waals surface area contributed by atoms with Crippen molar-refractivity contribution in [2.24, 2.45) is 0 Å². The number of nitrogens with one attached hydrogen (secondary N) is 1. The largest absolute Gasteiger partial charge is 0.493 e. The third-order valence-electron chi connectivity index (χ3n) is 6.94. The molecule has 0 aromatic heterocycles. The zero-order valence-corrected chi connectivity index (χ0v) is 27.3. The predicted molar refractivity (Wildman–Crippen MR) is 169 cm³/mol. The fraction of sp³-hybridized carbons (Fsp3) is 0.355. The van der Waals surface area contributed by atoms with Crippen molar-refractivity contribution < 1.29 is 31.9 Å². The molecule has 0 aliphatic rings. The Labute approximate surface area is 267 Å². The number of anilines is 1. The molecule has 0 radical (unpaired) electrons. The zero-order chi connectivity index (χ0) is 32.4. The summed E-state index contributed by atoms with van der Waals surface area (Å²) in [5.74, 6) is -1.23. The molecule has 238 valence electrons. The van der Waals surface area contributed by atoms with Crippen LogP contribution in [0.15, 0.2) is 65.6 Å². The lowest BCUT2D eigenvalue weighted by atomic mass is 10.1. The van der Waals surface area contributed by atoms with Crippen molar-refractivity contribution in [1.82, 2.24) is 10.2 Å². The van der Waals surface area contributed by atoms with E-state index in [9.17, 15) is 22.4 Å². The second-order valence-electron chi connectivity index (χ2n) is 9.80. The smallest absolute Gasteiger partial charge is 0.264 e. The molecule has 9 nitrogen and oxygen atoms in total. The quantitative estimate of drug-likeness (QED) is 0.197. The fourth-order valence-electron chi connectivity index (χ4n) is 4.52. The summed E-state index contributed by atoms with van der Waals surface area (Å²) in [5, 5.41) is 3.42. The van der Waals surface area contributed by atoms with Crippen LogP contribution in [0.3, 0.4) is 0 Å². The Kier molecular flexibility index (Phi) is 12.7. The summed E-state index contributed by atoms with van der Waals surface area (Å²) in [5.41, 5.74) is 0.436. The fourth-order valence-corrected chi connectivity index (χ4v) is 6.47. The number of carbonyl (C=O) groups is 2. The first-order valence-corrected chi connectivity index (χ1v) is 16.2. The Balaban J connectivity index is 2.11. The number of amides is 2.